The summed E-state index contributed by atoms with van der Waals surface area (Å²) >= 11 is 0. The van der Waals surface area contributed by atoms with Crippen LogP contribution in [-0.4, -0.2) is 25.2 Å². The number of nitrogens with two attached hydrogens (primary N) is 1. The van der Waals surface area contributed by atoms with Crippen molar-refractivity contribution in [3.63, 3.8) is 0 Å². The molecule has 1 amide bonds. The van der Waals surface area contributed by atoms with Gasteiger partial charge in [-0.05, 0) is 44.4 Å². The lowest BCUT2D eigenvalue weighted by atomic mass is 9.82. The highest BCUT2D eigenvalue weighted by Crippen LogP contribution is 2.28. The Bertz CT molecular complexity index is 397. The minimum absolute atomic E-state index is 0.102. The lowest BCUT2D eigenvalue weighted by molar-refractivity contribution is -0.125. The second-order valence-corrected chi connectivity index (χ2v) is 4.92. The zero-order valence-corrected chi connectivity index (χ0v) is 10.7. The lowest BCUT2D eigenvalue weighted by Gasteiger charge is -2.33. The van der Waals surface area contributed by atoms with Gasteiger partial charge in [-0.3, -0.25) is 4.79 Å². The molecule has 98 valence electrons. The highest BCUT2D eigenvalue weighted by atomic mass is 16.5. The van der Waals surface area contributed by atoms with Gasteiger partial charge >= 0.3 is 0 Å². The first-order chi connectivity index (χ1) is 8.67. The summed E-state index contributed by atoms with van der Waals surface area (Å²) in [6.07, 6.45) is 2.17. The number of hydrogen-bond donors (Lipinski definition) is 2. The third kappa shape index (κ3) is 3.55. The normalized spacial score (nSPS) is 22.3. The first kappa shape index (κ1) is 13.1. The molecule has 0 spiro atoms. The fourth-order valence-electron chi connectivity index (χ4n) is 2.03. The number of carbonyl (C=O) groups excluding carboxylic acids is 1. The Morgan fingerprint density at radius 1 is 1.39 bits per heavy atom. The van der Waals surface area contributed by atoms with E-state index in [4.69, 9.17) is 10.5 Å². The summed E-state index contributed by atoms with van der Waals surface area (Å²) in [4.78, 5) is 11.6. The molecule has 0 saturated heterocycles. The minimum atomic E-state index is -0.102. The van der Waals surface area contributed by atoms with Crippen molar-refractivity contribution < 1.29 is 9.53 Å². The number of amides is 1. The maximum absolute atomic E-state index is 11.6. The second kappa shape index (κ2) is 5.98. The number of nitrogens with one attached hydrogen (secondary N) is 1. The third-order valence-electron chi connectivity index (χ3n) is 3.31. The maximum Gasteiger partial charge on any atom is 0.250 e. The van der Waals surface area contributed by atoms with Crippen LogP contribution in [0.15, 0.2) is 24.3 Å². The van der Waals surface area contributed by atoms with Gasteiger partial charge in [-0.15, -0.1) is 0 Å². The van der Waals surface area contributed by atoms with Crippen molar-refractivity contribution >= 4 is 11.6 Å². The molecule has 0 atom stereocenters. The van der Waals surface area contributed by atoms with Crippen molar-refractivity contribution in [2.24, 2.45) is 11.7 Å². The highest BCUT2D eigenvalue weighted by molar-refractivity contribution is 5.91. The first-order valence-corrected chi connectivity index (χ1v) is 6.35. The molecule has 3 N–H and O–H groups in total. The fourth-order valence-corrected chi connectivity index (χ4v) is 2.03. The zero-order valence-electron chi connectivity index (χ0n) is 10.7. The molecular formula is C14H20N2O2. The molecule has 1 aliphatic rings. The number of ether oxygens (including phenoxy) is 1. The van der Waals surface area contributed by atoms with Crippen molar-refractivity contribution in [3.05, 3.63) is 29.8 Å². The van der Waals surface area contributed by atoms with E-state index in [-0.39, 0.29) is 18.6 Å². The molecule has 4 heteroatoms. The van der Waals surface area contributed by atoms with Crippen molar-refractivity contribution in [1.29, 1.82) is 0 Å². The van der Waals surface area contributed by atoms with E-state index in [0.717, 1.165) is 25.1 Å². The predicted molar refractivity (Wildman–Crippen MR) is 71.3 cm³/mol. The third-order valence-corrected chi connectivity index (χ3v) is 3.31. The van der Waals surface area contributed by atoms with Crippen molar-refractivity contribution in [2.75, 3.05) is 18.5 Å². The van der Waals surface area contributed by atoms with Crippen LogP contribution in [0.4, 0.5) is 5.69 Å². The quantitative estimate of drug-likeness (QED) is 0.833. The first-order valence-electron chi connectivity index (χ1n) is 6.35. The molecule has 1 aliphatic carbocycles. The number of anilines is 1. The van der Waals surface area contributed by atoms with Gasteiger partial charge in [0.1, 0.15) is 6.61 Å². The summed E-state index contributed by atoms with van der Waals surface area (Å²) in [5.41, 5.74) is 7.51. The van der Waals surface area contributed by atoms with Crippen molar-refractivity contribution in [2.45, 2.75) is 25.9 Å². The Morgan fingerprint density at radius 3 is 2.67 bits per heavy atom. The van der Waals surface area contributed by atoms with Gasteiger partial charge in [0.15, 0.2) is 0 Å². The van der Waals surface area contributed by atoms with Crippen LogP contribution in [0.2, 0.25) is 0 Å². The molecule has 4 nitrogen and oxygen atoms in total. The Kier molecular flexibility index (Phi) is 4.33. The summed E-state index contributed by atoms with van der Waals surface area (Å²) in [5.74, 6) is 0.477. The Labute approximate surface area is 108 Å². The number of benzene rings is 1. The van der Waals surface area contributed by atoms with Gasteiger partial charge < -0.3 is 15.8 Å². The van der Waals surface area contributed by atoms with Crippen LogP contribution in [0.25, 0.3) is 0 Å². The van der Waals surface area contributed by atoms with Gasteiger partial charge in [0.25, 0.3) is 0 Å². The monoisotopic (exact) mass is 248 g/mol. The molecule has 0 unspecified atom stereocenters. The summed E-state index contributed by atoms with van der Waals surface area (Å²) in [6.45, 7) is 2.85. The topological polar surface area (TPSA) is 64.3 Å². The van der Waals surface area contributed by atoms with Crippen LogP contribution in [0, 0.1) is 12.8 Å². The summed E-state index contributed by atoms with van der Waals surface area (Å²) in [5, 5.41) is 2.81. The molecule has 1 fully saturated rings. The van der Waals surface area contributed by atoms with Gasteiger partial charge in [0.05, 0.1) is 6.10 Å². The standard InChI is InChI=1S/C14H20N2O2/c1-10-2-4-12(5-3-10)16-14(17)9-18-13-6-11(7-13)8-15/h2-5,11,13H,6-9,15H2,1H3,(H,16,17). The SMILES string of the molecule is Cc1ccc(NC(=O)COC2CC(CN)C2)cc1. The number of aryl methyl sites for hydroxylation is 1. The summed E-state index contributed by atoms with van der Waals surface area (Å²) in [7, 11) is 0. The lowest BCUT2D eigenvalue weighted by Crippen LogP contribution is -2.37. The van der Waals surface area contributed by atoms with Crippen LogP contribution in [0.3, 0.4) is 0 Å². The van der Waals surface area contributed by atoms with E-state index < -0.39 is 0 Å². The zero-order chi connectivity index (χ0) is 13.0. The Hall–Kier alpha value is -1.39. The van der Waals surface area contributed by atoms with Gasteiger partial charge in [-0.25, -0.2) is 0 Å². The van der Waals surface area contributed by atoms with E-state index in [2.05, 4.69) is 5.32 Å². The second-order valence-electron chi connectivity index (χ2n) is 4.92. The van der Waals surface area contributed by atoms with Gasteiger partial charge in [0, 0.05) is 5.69 Å². The highest BCUT2D eigenvalue weighted by Gasteiger charge is 2.28. The average Bonchev–Trinajstić information content (AvgIpc) is 2.30. The predicted octanol–water partition coefficient (Wildman–Crippen LogP) is 1.69. The van der Waals surface area contributed by atoms with Crippen LogP contribution >= 0.6 is 0 Å². The van der Waals surface area contributed by atoms with E-state index in [0.29, 0.717) is 5.92 Å². The molecule has 1 aromatic rings. The van der Waals surface area contributed by atoms with Crippen molar-refractivity contribution in [3.8, 4) is 0 Å². The molecule has 18 heavy (non-hydrogen) atoms. The molecule has 1 aromatic carbocycles. The van der Waals surface area contributed by atoms with Crippen molar-refractivity contribution in [1.82, 2.24) is 0 Å². The largest absolute Gasteiger partial charge is 0.368 e. The number of hydrogen-bond acceptors (Lipinski definition) is 3. The molecule has 0 bridgehead atoms. The molecule has 0 aromatic heterocycles. The van der Waals surface area contributed by atoms with Crippen LogP contribution in [0.5, 0.6) is 0 Å². The Morgan fingerprint density at radius 2 is 2.06 bits per heavy atom. The van der Waals surface area contributed by atoms with Gasteiger partial charge in [-0.2, -0.15) is 0 Å². The Balaban J connectivity index is 1.68. The molecule has 2 rings (SSSR count). The molecule has 1 saturated carbocycles. The van der Waals surface area contributed by atoms with E-state index in [9.17, 15) is 4.79 Å². The van der Waals surface area contributed by atoms with Crippen LogP contribution in [-0.2, 0) is 9.53 Å². The maximum atomic E-state index is 11.6. The number of rotatable bonds is 5. The smallest absolute Gasteiger partial charge is 0.250 e. The van der Waals surface area contributed by atoms with Gasteiger partial charge in [-0.1, -0.05) is 17.7 Å². The minimum Gasteiger partial charge on any atom is -0.368 e. The van der Waals surface area contributed by atoms with E-state index in [1.807, 2.05) is 31.2 Å². The average molecular weight is 248 g/mol. The summed E-state index contributed by atoms with van der Waals surface area (Å²) in [6, 6.07) is 7.71. The molecular weight excluding hydrogens is 228 g/mol. The van der Waals surface area contributed by atoms with E-state index in [1.165, 1.54) is 5.56 Å². The molecule has 0 aliphatic heterocycles. The molecule has 0 radical (unpaired) electrons. The molecule has 0 heterocycles. The fraction of sp³-hybridized carbons (Fsp3) is 0.500. The van der Waals surface area contributed by atoms with Crippen LogP contribution in [0.1, 0.15) is 18.4 Å². The van der Waals surface area contributed by atoms with Gasteiger partial charge in [0.2, 0.25) is 5.91 Å². The summed E-state index contributed by atoms with van der Waals surface area (Å²) < 4.78 is 5.50. The van der Waals surface area contributed by atoms with E-state index in [1.54, 1.807) is 0 Å². The van der Waals surface area contributed by atoms with E-state index >= 15 is 0 Å². The van der Waals surface area contributed by atoms with Crippen LogP contribution < -0.4 is 11.1 Å². The number of carbonyl (C=O) groups is 1.